The number of aliphatic hydroxyl groups excluding tert-OH is 1. The van der Waals surface area contributed by atoms with Gasteiger partial charge in [-0.1, -0.05) is 0 Å². The van der Waals surface area contributed by atoms with Crippen molar-refractivity contribution in [3.05, 3.63) is 29.8 Å². The highest BCUT2D eigenvalue weighted by Gasteiger charge is 2.17. The minimum absolute atomic E-state index is 0.0285. The molecule has 1 aromatic carbocycles. The molecule has 2 rings (SSSR count). The van der Waals surface area contributed by atoms with Crippen LogP contribution in [-0.2, 0) is 0 Å². The summed E-state index contributed by atoms with van der Waals surface area (Å²) in [5.74, 6) is 1.10. The number of benzene rings is 1. The molecular formula is C16H22F2O2. The Bertz CT molecular complexity index is 382. The molecule has 20 heavy (non-hydrogen) atoms. The molecule has 0 unspecified atom stereocenters. The molecule has 1 fully saturated rings. The van der Waals surface area contributed by atoms with E-state index in [0.717, 1.165) is 38.5 Å². The standard InChI is InChI=1S/C16H22F2O2/c17-16(18)13-7-9-15(10-8-13)20-14-5-1-3-12(11-19)4-2-6-14/h7-10,12,14,16,19H,1-6,11H2. The Morgan fingerprint density at radius 3 is 2.15 bits per heavy atom. The summed E-state index contributed by atoms with van der Waals surface area (Å²) >= 11 is 0. The molecule has 0 saturated heterocycles. The van der Waals surface area contributed by atoms with Crippen LogP contribution in [0.2, 0.25) is 0 Å². The Hall–Kier alpha value is -1.16. The van der Waals surface area contributed by atoms with Crippen LogP contribution in [0.1, 0.15) is 50.5 Å². The zero-order chi connectivity index (χ0) is 14.4. The first-order valence-corrected chi connectivity index (χ1v) is 7.34. The number of rotatable bonds is 4. The highest BCUT2D eigenvalue weighted by atomic mass is 19.3. The van der Waals surface area contributed by atoms with E-state index in [1.165, 1.54) is 12.1 Å². The zero-order valence-corrected chi connectivity index (χ0v) is 11.6. The summed E-state index contributed by atoms with van der Waals surface area (Å²) in [6.07, 6.45) is 3.84. The first-order chi connectivity index (χ1) is 9.69. The second-order valence-corrected chi connectivity index (χ2v) is 5.52. The second kappa shape index (κ2) is 7.58. The first kappa shape index (κ1) is 15.2. The summed E-state index contributed by atoms with van der Waals surface area (Å²) in [6.45, 7) is 0.278. The maximum absolute atomic E-state index is 12.5. The molecule has 0 radical (unpaired) electrons. The SMILES string of the molecule is OCC1CCCC(Oc2ccc(C(F)F)cc2)CCC1. The lowest BCUT2D eigenvalue weighted by atomic mass is 9.90. The van der Waals surface area contributed by atoms with Crippen LogP contribution in [0.4, 0.5) is 8.78 Å². The molecule has 112 valence electrons. The minimum Gasteiger partial charge on any atom is -0.490 e. The predicted octanol–water partition coefficient (Wildman–Crippen LogP) is 4.33. The van der Waals surface area contributed by atoms with Gasteiger partial charge in [-0.2, -0.15) is 0 Å². The Morgan fingerprint density at radius 2 is 1.65 bits per heavy atom. The molecule has 0 aliphatic heterocycles. The number of alkyl halides is 2. The molecule has 1 saturated carbocycles. The van der Waals surface area contributed by atoms with Gasteiger partial charge in [0.2, 0.25) is 0 Å². The third-order valence-electron chi connectivity index (χ3n) is 3.97. The predicted molar refractivity (Wildman–Crippen MR) is 74.1 cm³/mol. The average molecular weight is 284 g/mol. The van der Waals surface area contributed by atoms with Gasteiger partial charge in [0.25, 0.3) is 6.43 Å². The van der Waals surface area contributed by atoms with Gasteiger partial charge in [0.05, 0.1) is 6.10 Å². The topological polar surface area (TPSA) is 29.5 Å². The van der Waals surface area contributed by atoms with Crippen molar-refractivity contribution >= 4 is 0 Å². The fraction of sp³-hybridized carbons (Fsp3) is 0.625. The van der Waals surface area contributed by atoms with Gasteiger partial charge in [0, 0.05) is 12.2 Å². The molecule has 1 aliphatic rings. The Labute approximate surface area is 118 Å². The van der Waals surface area contributed by atoms with Crippen LogP contribution in [0, 0.1) is 5.92 Å². The van der Waals surface area contributed by atoms with Gasteiger partial charge < -0.3 is 9.84 Å². The summed E-state index contributed by atoms with van der Waals surface area (Å²) in [5, 5.41) is 9.19. The van der Waals surface area contributed by atoms with Gasteiger partial charge in [-0.3, -0.25) is 0 Å². The van der Waals surface area contributed by atoms with Crippen LogP contribution in [0.15, 0.2) is 24.3 Å². The Kier molecular flexibility index (Phi) is 5.77. The van der Waals surface area contributed by atoms with Crippen molar-refractivity contribution in [1.82, 2.24) is 0 Å². The van der Waals surface area contributed by atoms with E-state index in [1.807, 2.05) is 0 Å². The van der Waals surface area contributed by atoms with E-state index in [1.54, 1.807) is 12.1 Å². The van der Waals surface area contributed by atoms with Crippen molar-refractivity contribution < 1.29 is 18.6 Å². The number of ether oxygens (including phenoxy) is 1. The fourth-order valence-electron chi connectivity index (χ4n) is 2.74. The van der Waals surface area contributed by atoms with Crippen molar-refractivity contribution in [2.24, 2.45) is 5.92 Å². The summed E-state index contributed by atoms with van der Waals surface area (Å²) in [5.41, 5.74) is 0.0285. The molecule has 2 nitrogen and oxygen atoms in total. The van der Waals surface area contributed by atoms with Gasteiger partial charge >= 0.3 is 0 Å². The van der Waals surface area contributed by atoms with Gasteiger partial charge in [-0.25, -0.2) is 8.78 Å². The summed E-state index contributed by atoms with van der Waals surface area (Å²) in [4.78, 5) is 0. The molecule has 0 bridgehead atoms. The molecule has 0 amide bonds. The van der Waals surface area contributed by atoms with E-state index in [2.05, 4.69) is 0 Å². The van der Waals surface area contributed by atoms with Crippen LogP contribution in [0.25, 0.3) is 0 Å². The third kappa shape index (κ3) is 4.44. The van der Waals surface area contributed by atoms with E-state index in [0.29, 0.717) is 11.7 Å². The maximum atomic E-state index is 12.5. The van der Waals surface area contributed by atoms with Crippen LogP contribution in [0.5, 0.6) is 5.75 Å². The van der Waals surface area contributed by atoms with E-state index < -0.39 is 6.43 Å². The van der Waals surface area contributed by atoms with Gasteiger partial charge in [-0.05, 0) is 68.7 Å². The maximum Gasteiger partial charge on any atom is 0.263 e. The number of halogens is 2. The van der Waals surface area contributed by atoms with Crippen LogP contribution < -0.4 is 4.74 Å². The van der Waals surface area contributed by atoms with Gasteiger partial charge in [-0.15, -0.1) is 0 Å². The minimum atomic E-state index is -2.43. The Balaban J connectivity index is 1.86. The van der Waals surface area contributed by atoms with Crippen LogP contribution in [0.3, 0.4) is 0 Å². The molecule has 1 aliphatic carbocycles. The molecule has 0 spiro atoms. The largest absolute Gasteiger partial charge is 0.490 e. The van der Waals surface area contributed by atoms with Gasteiger partial charge in [0.15, 0.2) is 0 Å². The zero-order valence-electron chi connectivity index (χ0n) is 11.6. The molecule has 0 atom stereocenters. The van der Waals surface area contributed by atoms with Crippen molar-refractivity contribution in [2.45, 2.75) is 51.1 Å². The summed E-state index contributed by atoms with van der Waals surface area (Å²) < 4.78 is 30.8. The quantitative estimate of drug-likeness (QED) is 0.891. The highest BCUT2D eigenvalue weighted by Crippen LogP contribution is 2.27. The Morgan fingerprint density at radius 1 is 1.05 bits per heavy atom. The summed E-state index contributed by atoms with van der Waals surface area (Å²) in [7, 11) is 0. The van der Waals surface area contributed by atoms with Crippen molar-refractivity contribution in [3.8, 4) is 5.75 Å². The molecule has 4 heteroatoms. The number of hydrogen-bond donors (Lipinski definition) is 1. The lowest BCUT2D eigenvalue weighted by Gasteiger charge is -2.24. The number of aliphatic hydroxyl groups is 1. The number of hydrogen-bond acceptors (Lipinski definition) is 2. The van der Waals surface area contributed by atoms with Crippen LogP contribution in [-0.4, -0.2) is 17.8 Å². The highest BCUT2D eigenvalue weighted by molar-refractivity contribution is 5.28. The molecule has 1 N–H and O–H groups in total. The smallest absolute Gasteiger partial charge is 0.263 e. The lowest BCUT2D eigenvalue weighted by molar-refractivity contribution is 0.138. The van der Waals surface area contributed by atoms with Crippen molar-refractivity contribution in [1.29, 1.82) is 0 Å². The van der Waals surface area contributed by atoms with Crippen molar-refractivity contribution in [2.75, 3.05) is 6.61 Å². The monoisotopic (exact) mass is 284 g/mol. The summed E-state index contributed by atoms with van der Waals surface area (Å²) in [6, 6.07) is 6.09. The second-order valence-electron chi connectivity index (χ2n) is 5.52. The molecule has 1 aromatic rings. The van der Waals surface area contributed by atoms with E-state index in [-0.39, 0.29) is 18.3 Å². The van der Waals surface area contributed by atoms with Crippen LogP contribution >= 0.6 is 0 Å². The third-order valence-corrected chi connectivity index (χ3v) is 3.97. The van der Waals surface area contributed by atoms with E-state index in [4.69, 9.17) is 4.74 Å². The average Bonchev–Trinajstić information content (AvgIpc) is 2.42. The normalized spacial score (nSPS) is 24.2. The molecular weight excluding hydrogens is 262 g/mol. The van der Waals surface area contributed by atoms with E-state index >= 15 is 0 Å². The lowest BCUT2D eigenvalue weighted by Crippen LogP contribution is -2.20. The first-order valence-electron chi connectivity index (χ1n) is 7.34. The molecule has 0 aromatic heterocycles. The van der Waals surface area contributed by atoms with Crippen molar-refractivity contribution in [3.63, 3.8) is 0 Å². The van der Waals surface area contributed by atoms with Gasteiger partial charge in [0.1, 0.15) is 5.75 Å². The molecule has 0 heterocycles. The van der Waals surface area contributed by atoms with E-state index in [9.17, 15) is 13.9 Å². The fourth-order valence-corrected chi connectivity index (χ4v) is 2.74.